The summed E-state index contributed by atoms with van der Waals surface area (Å²) >= 11 is 0. The van der Waals surface area contributed by atoms with Gasteiger partial charge in [0.2, 0.25) is 0 Å². The molecule has 0 spiro atoms. The van der Waals surface area contributed by atoms with E-state index in [4.69, 9.17) is 15.2 Å². The Bertz CT molecular complexity index is 710. The lowest BCUT2D eigenvalue weighted by Crippen LogP contribution is -2.32. The lowest BCUT2D eigenvalue weighted by molar-refractivity contribution is -0.158. The van der Waals surface area contributed by atoms with Gasteiger partial charge >= 0.3 is 12.1 Å². The van der Waals surface area contributed by atoms with E-state index in [1.807, 2.05) is 0 Å². The maximum absolute atomic E-state index is 14.7. The third kappa shape index (κ3) is 3.33. The average Bonchev–Trinajstić information content (AvgIpc) is 3.23. The van der Waals surface area contributed by atoms with Gasteiger partial charge in [-0.05, 0) is 45.7 Å². The minimum absolute atomic E-state index is 0.213. The van der Waals surface area contributed by atoms with Crippen molar-refractivity contribution in [2.75, 3.05) is 18.0 Å². The van der Waals surface area contributed by atoms with E-state index in [9.17, 15) is 14.0 Å². The maximum Gasteiger partial charge on any atom is 0.414 e. The number of amides is 1. The summed E-state index contributed by atoms with van der Waals surface area (Å²) in [6, 6.07) is 4.45. The van der Waals surface area contributed by atoms with Crippen LogP contribution in [0.1, 0.15) is 39.2 Å². The molecule has 1 saturated carbocycles. The van der Waals surface area contributed by atoms with Gasteiger partial charge in [-0.3, -0.25) is 9.69 Å². The van der Waals surface area contributed by atoms with Crippen molar-refractivity contribution in [3.8, 4) is 0 Å². The number of carbonyl (C=O) groups excluding carboxylic acids is 2. The van der Waals surface area contributed by atoms with Crippen molar-refractivity contribution >= 4 is 17.7 Å². The van der Waals surface area contributed by atoms with Crippen molar-refractivity contribution in [1.82, 2.24) is 0 Å². The minimum Gasteiger partial charge on any atom is -0.459 e. The first-order chi connectivity index (χ1) is 11.7. The van der Waals surface area contributed by atoms with Gasteiger partial charge in [0.25, 0.3) is 0 Å². The molecule has 3 rings (SSSR count). The van der Waals surface area contributed by atoms with Crippen LogP contribution < -0.4 is 10.6 Å². The molecule has 1 aromatic rings. The lowest BCUT2D eigenvalue weighted by atomic mass is 9.94. The van der Waals surface area contributed by atoms with E-state index in [1.54, 1.807) is 32.9 Å². The molecular weight excluding hydrogens is 327 g/mol. The fraction of sp³-hybridized carbons (Fsp3) is 0.556. The standard InChI is InChI=1S/C18H23FN2O4/c1-17(2,3)25-15(22)18(6-7-18)13-5-4-11(8-14(13)19)21-10-12(9-20)24-16(21)23/h4-5,8,12H,6-7,9-10,20H2,1-3H3/t12-/m0/s1. The number of hydrogen-bond acceptors (Lipinski definition) is 5. The Morgan fingerprint density at radius 3 is 2.60 bits per heavy atom. The van der Waals surface area contributed by atoms with Crippen LogP contribution in [0.3, 0.4) is 0 Å². The molecule has 136 valence electrons. The minimum atomic E-state index is -0.915. The summed E-state index contributed by atoms with van der Waals surface area (Å²) in [6.07, 6.45) is 0.168. The normalized spacial score (nSPS) is 21.9. The first kappa shape index (κ1) is 17.7. The molecule has 1 aliphatic carbocycles. The van der Waals surface area contributed by atoms with E-state index in [1.165, 1.54) is 11.0 Å². The van der Waals surface area contributed by atoms with Crippen LogP contribution in [0, 0.1) is 5.82 Å². The Balaban J connectivity index is 1.83. The van der Waals surface area contributed by atoms with Crippen LogP contribution in [0.5, 0.6) is 0 Å². The van der Waals surface area contributed by atoms with Crippen LogP contribution in [0.25, 0.3) is 0 Å². The molecule has 0 aromatic heterocycles. The largest absolute Gasteiger partial charge is 0.459 e. The van der Waals surface area contributed by atoms with Crippen molar-refractivity contribution in [1.29, 1.82) is 0 Å². The van der Waals surface area contributed by atoms with Crippen molar-refractivity contribution in [3.05, 3.63) is 29.6 Å². The molecule has 2 fully saturated rings. The van der Waals surface area contributed by atoms with Crippen molar-refractivity contribution < 1.29 is 23.5 Å². The van der Waals surface area contributed by atoms with Crippen LogP contribution in [-0.2, 0) is 19.7 Å². The van der Waals surface area contributed by atoms with Gasteiger partial charge in [0.1, 0.15) is 17.5 Å². The van der Waals surface area contributed by atoms with Crippen molar-refractivity contribution in [2.45, 2.75) is 50.7 Å². The smallest absolute Gasteiger partial charge is 0.414 e. The van der Waals surface area contributed by atoms with Crippen LogP contribution >= 0.6 is 0 Å². The molecule has 25 heavy (non-hydrogen) atoms. The van der Waals surface area contributed by atoms with Crippen LogP contribution in [0.2, 0.25) is 0 Å². The summed E-state index contributed by atoms with van der Waals surface area (Å²) in [5.41, 5.74) is 4.67. The van der Waals surface area contributed by atoms with E-state index in [0.717, 1.165) is 0 Å². The van der Waals surface area contributed by atoms with Gasteiger partial charge in [-0.15, -0.1) is 0 Å². The van der Waals surface area contributed by atoms with E-state index in [0.29, 0.717) is 24.1 Å². The summed E-state index contributed by atoms with van der Waals surface area (Å²) < 4.78 is 25.3. The molecule has 2 aliphatic rings. The highest BCUT2D eigenvalue weighted by atomic mass is 19.1. The van der Waals surface area contributed by atoms with E-state index in [2.05, 4.69) is 0 Å². The molecule has 0 unspecified atom stereocenters. The van der Waals surface area contributed by atoms with E-state index >= 15 is 0 Å². The summed E-state index contributed by atoms with van der Waals surface area (Å²) in [4.78, 5) is 25.7. The summed E-state index contributed by atoms with van der Waals surface area (Å²) in [6.45, 7) is 5.85. The Labute approximate surface area is 146 Å². The molecule has 1 heterocycles. The SMILES string of the molecule is CC(C)(C)OC(=O)C1(c2ccc(N3C[C@H](CN)OC3=O)cc2F)CC1. The second kappa shape index (κ2) is 5.98. The predicted octanol–water partition coefficient (Wildman–Crippen LogP) is 2.48. The molecule has 1 saturated heterocycles. The Kier molecular flexibility index (Phi) is 4.23. The zero-order chi connectivity index (χ0) is 18.4. The van der Waals surface area contributed by atoms with Crippen molar-refractivity contribution in [3.63, 3.8) is 0 Å². The number of nitrogens with zero attached hydrogens (tertiary/aromatic N) is 1. The fourth-order valence-corrected chi connectivity index (χ4v) is 3.00. The van der Waals surface area contributed by atoms with Gasteiger partial charge in [0, 0.05) is 12.1 Å². The number of halogens is 1. The van der Waals surface area contributed by atoms with Gasteiger partial charge in [-0.25, -0.2) is 9.18 Å². The molecule has 6 nitrogen and oxygen atoms in total. The number of carbonyl (C=O) groups is 2. The maximum atomic E-state index is 14.7. The highest BCUT2D eigenvalue weighted by molar-refractivity contribution is 5.90. The first-order valence-electron chi connectivity index (χ1n) is 8.38. The number of benzene rings is 1. The van der Waals surface area contributed by atoms with E-state index < -0.39 is 35.0 Å². The first-order valence-corrected chi connectivity index (χ1v) is 8.38. The lowest BCUT2D eigenvalue weighted by Gasteiger charge is -2.24. The number of hydrogen-bond donors (Lipinski definition) is 1. The van der Waals surface area contributed by atoms with Crippen LogP contribution in [0.15, 0.2) is 18.2 Å². The molecule has 1 aliphatic heterocycles. The molecule has 0 bridgehead atoms. The monoisotopic (exact) mass is 350 g/mol. The van der Waals surface area contributed by atoms with E-state index in [-0.39, 0.29) is 13.1 Å². The quantitative estimate of drug-likeness (QED) is 0.844. The predicted molar refractivity (Wildman–Crippen MR) is 89.8 cm³/mol. The summed E-state index contributed by atoms with van der Waals surface area (Å²) in [5.74, 6) is -0.930. The van der Waals surface area contributed by atoms with Gasteiger partial charge in [-0.2, -0.15) is 0 Å². The molecule has 0 radical (unpaired) electrons. The molecule has 7 heteroatoms. The number of ether oxygens (including phenoxy) is 2. The third-order valence-corrected chi connectivity index (χ3v) is 4.46. The Morgan fingerprint density at radius 2 is 2.12 bits per heavy atom. The topological polar surface area (TPSA) is 81.9 Å². The van der Waals surface area contributed by atoms with Gasteiger partial charge < -0.3 is 15.2 Å². The number of cyclic esters (lactones) is 1. The molecule has 1 atom stereocenters. The fourth-order valence-electron chi connectivity index (χ4n) is 3.00. The molecule has 2 N–H and O–H groups in total. The van der Waals surface area contributed by atoms with Gasteiger partial charge in [-0.1, -0.05) is 6.07 Å². The second-order valence-corrected chi connectivity index (χ2v) is 7.60. The van der Waals surface area contributed by atoms with Crippen LogP contribution in [-0.4, -0.2) is 36.9 Å². The van der Waals surface area contributed by atoms with Gasteiger partial charge in [0.05, 0.1) is 17.6 Å². The average molecular weight is 350 g/mol. The highest BCUT2D eigenvalue weighted by Gasteiger charge is 2.55. The number of anilines is 1. The molecular formula is C18H23FN2O4. The van der Waals surface area contributed by atoms with Crippen LogP contribution in [0.4, 0.5) is 14.9 Å². The zero-order valence-corrected chi connectivity index (χ0v) is 14.7. The van der Waals surface area contributed by atoms with Crippen molar-refractivity contribution in [2.24, 2.45) is 5.73 Å². The number of nitrogens with two attached hydrogens (primary N) is 1. The number of rotatable bonds is 4. The molecule has 1 aromatic carbocycles. The Hall–Kier alpha value is -2.15. The summed E-state index contributed by atoms with van der Waals surface area (Å²) in [7, 11) is 0. The van der Waals surface area contributed by atoms with Gasteiger partial charge in [0.15, 0.2) is 0 Å². The summed E-state index contributed by atoms with van der Waals surface area (Å²) in [5, 5.41) is 0. The Morgan fingerprint density at radius 1 is 1.44 bits per heavy atom. The number of esters is 1. The highest BCUT2D eigenvalue weighted by Crippen LogP contribution is 2.51. The zero-order valence-electron chi connectivity index (χ0n) is 14.7. The second-order valence-electron chi connectivity index (χ2n) is 7.60. The molecule has 1 amide bonds. The third-order valence-electron chi connectivity index (χ3n) is 4.46.